The van der Waals surface area contributed by atoms with Gasteiger partial charge in [-0.05, 0) is 61.9 Å². The van der Waals surface area contributed by atoms with E-state index >= 15 is 0 Å². The van der Waals surface area contributed by atoms with E-state index in [4.69, 9.17) is 4.74 Å². The lowest BCUT2D eigenvalue weighted by Gasteiger charge is -2.05. The van der Waals surface area contributed by atoms with Crippen molar-refractivity contribution in [3.8, 4) is 17.0 Å². The number of aryl methyl sites for hydroxylation is 1. The third-order valence-electron chi connectivity index (χ3n) is 3.72. The summed E-state index contributed by atoms with van der Waals surface area (Å²) in [6, 6.07) is 13.2. The molecule has 0 saturated carbocycles. The summed E-state index contributed by atoms with van der Waals surface area (Å²) >= 11 is 1.39. The summed E-state index contributed by atoms with van der Waals surface area (Å²) in [7, 11) is 0. The number of nitrogens with zero attached hydrogens (tertiary/aromatic N) is 1. The number of carbonyl (C=O) groups is 1. The number of nitrogens with one attached hydrogen (secondary N) is 1. The summed E-state index contributed by atoms with van der Waals surface area (Å²) in [5.74, 6) is 0.222. The average Bonchev–Trinajstić information content (AvgIpc) is 3.01. The number of ether oxygens (including phenoxy) is 1. The summed E-state index contributed by atoms with van der Waals surface area (Å²) in [4.78, 5) is 17.8. The fraction of sp³-hybridized carbons (Fsp3) is 0.200. The largest absolute Gasteiger partial charge is 0.494 e. The van der Waals surface area contributed by atoms with E-state index in [-0.39, 0.29) is 11.7 Å². The molecule has 0 aliphatic rings. The van der Waals surface area contributed by atoms with Gasteiger partial charge in [0.15, 0.2) is 5.13 Å². The second-order valence-electron chi connectivity index (χ2n) is 5.76. The van der Waals surface area contributed by atoms with Gasteiger partial charge >= 0.3 is 0 Å². The molecule has 3 aromatic rings. The lowest BCUT2D eigenvalue weighted by atomic mass is 10.1. The smallest absolute Gasteiger partial charge is 0.257 e. The fourth-order valence-corrected chi connectivity index (χ4v) is 3.25. The number of aromatic nitrogens is 1. The topological polar surface area (TPSA) is 51.2 Å². The Morgan fingerprint density at radius 2 is 1.85 bits per heavy atom. The summed E-state index contributed by atoms with van der Waals surface area (Å²) in [6.07, 6.45) is 0.933. The van der Waals surface area contributed by atoms with Crippen LogP contribution in [0.5, 0.6) is 5.75 Å². The standard InChI is InChI=1S/C20H19FN2O2S/c1-3-12-25-17-10-6-15(7-11-17)19(24)23-20-22-18(13(2)26-20)14-4-8-16(21)9-5-14/h4-11H,3,12H2,1-2H3,(H,22,23,24). The Morgan fingerprint density at radius 3 is 2.50 bits per heavy atom. The zero-order valence-corrected chi connectivity index (χ0v) is 15.4. The zero-order chi connectivity index (χ0) is 18.5. The van der Waals surface area contributed by atoms with E-state index < -0.39 is 0 Å². The first-order valence-corrected chi connectivity index (χ1v) is 9.16. The summed E-state index contributed by atoms with van der Waals surface area (Å²) < 4.78 is 18.6. The monoisotopic (exact) mass is 370 g/mol. The number of rotatable bonds is 6. The van der Waals surface area contributed by atoms with Gasteiger partial charge in [-0.15, -0.1) is 11.3 Å². The van der Waals surface area contributed by atoms with Crippen LogP contribution in [0, 0.1) is 12.7 Å². The molecule has 2 aromatic carbocycles. The molecule has 0 spiro atoms. The quantitative estimate of drug-likeness (QED) is 0.641. The van der Waals surface area contributed by atoms with Crippen LogP contribution in [-0.4, -0.2) is 17.5 Å². The van der Waals surface area contributed by atoms with Gasteiger partial charge in [0.1, 0.15) is 11.6 Å². The Balaban J connectivity index is 1.71. The Labute approximate surface area is 155 Å². The van der Waals surface area contributed by atoms with Crippen molar-refractivity contribution in [2.75, 3.05) is 11.9 Å². The molecule has 0 fully saturated rings. The third kappa shape index (κ3) is 4.26. The fourth-order valence-electron chi connectivity index (χ4n) is 2.42. The summed E-state index contributed by atoms with van der Waals surface area (Å²) in [5.41, 5.74) is 2.09. The van der Waals surface area contributed by atoms with Crippen LogP contribution in [0.4, 0.5) is 9.52 Å². The van der Waals surface area contributed by atoms with Gasteiger partial charge in [-0.3, -0.25) is 10.1 Å². The minimum atomic E-state index is -0.290. The van der Waals surface area contributed by atoms with Crippen molar-refractivity contribution in [1.82, 2.24) is 4.98 Å². The van der Waals surface area contributed by atoms with Gasteiger partial charge in [0.2, 0.25) is 0 Å². The number of benzene rings is 2. The van der Waals surface area contributed by atoms with Crippen molar-refractivity contribution in [2.45, 2.75) is 20.3 Å². The van der Waals surface area contributed by atoms with Gasteiger partial charge in [-0.1, -0.05) is 6.92 Å². The summed E-state index contributed by atoms with van der Waals surface area (Å²) in [5, 5.41) is 3.33. The lowest BCUT2D eigenvalue weighted by Crippen LogP contribution is -2.11. The molecule has 1 N–H and O–H groups in total. The molecule has 1 aromatic heterocycles. The first kappa shape index (κ1) is 18.1. The molecule has 0 radical (unpaired) electrons. The highest BCUT2D eigenvalue weighted by atomic mass is 32.1. The molecule has 1 amide bonds. The first-order chi connectivity index (χ1) is 12.6. The number of hydrogen-bond donors (Lipinski definition) is 1. The van der Waals surface area contributed by atoms with E-state index in [0.717, 1.165) is 28.3 Å². The Morgan fingerprint density at radius 1 is 1.15 bits per heavy atom. The van der Waals surface area contributed by atoms with E-state index in [2.05, 4.69) is 10.3 Å². The molecular formula is C20H19FN2O2S. The zero-order valence-electron chi connectivity index (χ0n) is 14.6. The van der Waals surface area contributed by atoms with Crippen molar-refractivity contribution in [3.05, 3.63) is 64.8 Å². The highest BCUT2D eigenvalue weighted by Gasteiger charge is 2.13. The average molecular weight is 370 g/mol. The predicted octanol–water partition coefficient (Wildman–Crippen LogP) is 5.30. The normalized spacial score (nSPS) is 10.6. The number of carbonyl (C=O) groups excluding carboxylic acids is 1. The first-order valence-electron chi connectivity index (χ1n) is 8.34. The van der Waals surface area contributed by atoms with Crippen molar-refractivity contribution in [2.24, 2.45) is 0 Å². The number of hydrogen-bond acceptors (Lipinski definition) is 4. The van der Waals surface area contributed by atoms with Gasteiger partial charge in [0, 0.05) is 16.0 Å². The Kier molecular flexibility index (Phi) is 5.63. The Hall–Kier alpha value is -2.73. The second kappa shape index (κ2) is 8.10. The lowest BCUT2D eigenvalue weighted by molar-refractivity contribution is 0.102. The molecule has 3 rings (SSSR count). The molecule has 0 aliphatic carbocycles. The number of thiazole rings is 1. The highest BCUT2D eigenvalue weighted by Crippen LogP contribution is 2.30. The molecular weight excluding hydrogens is 351 g/mol. The minimum absolute atomic E-state index is 0.230. The van der Waals surface area contributed by atoms with Crippen LogP contribution in [0.2, 0.25) is 0 Å². The van der Waals surface area contributed by atoms with Crippen LogP contribution < -0.4 is 10.1 Å². The SMILES string of the molecule is CCCOc1ccc(C(=O)Nc2nc(-c3ccc(F)cc3)c(C)s2)cc1. The van der Waals surface area contributed by atoms with Gasteiger partial charge in [0.25, 0.3) is 5.91 Å². The van der Waals surface area contributed by atoms with Crippen LogP contribution in [0.15, 0.2) is 48.5 Å². The maximum absolute atomic E-state index is 13.1. The van der Waals surface area contributed by atoms with Crippen molar-refractivity contribution < 1.29 is 13.9 Å². The van der Waals surface area contributed by atoms with E-state index in [0.29, 0.717) is 17.3 Å². The highest BCUT2D eigenvalue weighted by molar-refractivity contribution is 7.16. The third-order valence-corrected chi connectivity index (χ3v) is 4.61. The number of amides is 1. The van der Waals surface area contributed by atoms with Crippen LogP contribution in [0.3, 0.4) is 0 Å². The van der Waals surface area contributed by atoms with E-state index in [1.165, 1.54) is 23.5 Å². The molecule has 0 unspecified atom stereocenters. The van der Waals surface area contributed by atoms with E-state index in [1.54, 1.807) is 36.4 Å². The molecule has 4 nitrogen and oxygen atoms in total. The maximum atomic E-state index is 13.1. The molecule has 6 heteroatoms. The number of halogens is 1. The second-order valence-corrected chi connectivity index (χ2v) is 6.96. The van der Waals surface area contributed by atoms with Crippen LogP contribution in [-0.2, 0) is 0 Å². The molecule has 134 valence electrons. The van der Waals surface area contributed by atoms with E-state index in [1.807, 2.05) is 13.8 Å². The molecule has 0 saturated heterocycles. The van der Waals surface area contributed by atoms with Crippen molar-refractivity contribution in [3.63, 3.8) is 0 Å². The summed E-state index contributed by atoms with van der Waals surface area (Å²) in [6.45, 7) is 4.61. The maximum Gasteiger partial charge on any atom is 0.257 e. The van der Waals surface area contributed by atoms with E-state index in [9.17, 15) is 9.18 Å². The van der Waals surface area contributed by atoms with Gasteiger partial charge in [-0.25, -0.2) is 9.37 Å². The van der Waals surface area contributed by atoms with Gasteiger partial charge in [-0.2, -0.15) is 0 Å². The van der Waals surface area contributed by atoms with Crippen molar-refractivity contribution in [1.29, 1.82) is 0 Å². The molecule has 0 aliphatic heterocycles. The van der Waals surface area contributed by atoms with Crippen LogP contribution in [0.25, 0.3) is 11.3 Å². The van der Waals surface area contributed by atoms with Crippen LogP contribution >= 0.6 is 11.3 Å². The number of anilines is 1. The van der Waals surface area contributed by atoms with Gasteiger partial charge < -0.3 is 4.74 Å². The predicted molar refractivity (Wildman–Crippen MR) is 102 cm³/mol. The van der Waals surface area contributed by atoms with Crippen LogP contribution in [0.1, 0.15) is 28.6 Å². The Bertz CT molecular complexity index is 889. The minimum Gasteiger partial charge on any atom is -0.494 e. The molecule has 1 heterocycles. The molecule has 0 atom stereocenters. The van der Waals surface area contributed by atoms with Crippen molar-refractivity contribution >= 4 is 22.4 Å². The van der Waals surface area contributed by atoms with Gasteiger partial charge in [0.05, 0.1) is 12.3 Å². The molecule has 26 heavy (non-hydrogen) atoms. The molecule has 0 bridgehead atoms.